The highest BCUT2D eigenvalue weighted by atomic mass is 32.2. The summed E-state index contributed by atoms with van der Waals surface area (Å²) in [5, 5.41) is 3.06. The molecule has 20 heavy (non-hydrogen) atoms. The van der Waals surface area contributed by atoms with E-state index in [0.29, 0.717) is 12.1 Å². The number of nitrogens with one attached hydrogen (secondary N) is 2. The molecule has 0 amide bonds. The molecule has 114 valence electrons. The van der Waals surface area contributed by atoms with Crippen LogP contribution in [-0.2, 0) is 16.6 Å². The Hall–Kier alpha value is -0.980. The number of halogens is 1. The van der Waals surface area contributed by atoms with E-state index in [0.717, 1.165) is 6.54 Å². The Morgan fingerprint density at radius 1 is 1.25 bits per heavy atom. The quantitative estimate of drug-likeness (QED) is 0.877. The Bertz CT molecular complexity index is 578. The Balaban J connectivity index is 3.26. The SMILES string of the molecule is CCNCc1cc(F)c(C)c(S(=O)(=O)NC(C)(C)C)c1. The van der Waals surface area contributed by atoms with Crippen LogP contribution in [0.3, 0.4) is 0 Å². The van der Waals surface area contributed by atoms with E-state index in [9.17, 15) is 12.8 Å². The molecule has 2 N–H and O–H groups in total. The van der Waals surface area contributed by atoms with E-state index in [4.69, 9.17) is 0 Å². The van der Waals surface area contributed by atoms with E-state index >= 15 is 0 Å². The molecular formula is C14H23FN2O2S. The predicted molar refractivity (Wildman–Crippen MR) is 78.6 cm³/mol. The molecule has 4 nitrogen and oxygen atoms in total. The summed E-state index contributed by atoms with van der Waals surface area (Å²) in [6.45, 7) is 9.83. The van der Waals surface area contributed by atoms with Crippen molar-refractivity contribution < 1.29 is 12.8 Å². The Morgan fingerprint density at radius 3 is 2.35 bits per heavy atom. The van der Waals surface area contributed by atoms with Crippen LogP contribution >= 0.6 is 0 Å². The first-order valence-electron chi connectivity index (χ1n) is 6.60. The molecule has 0 aromatic heterocycles. The van der Waals surface area contributed by atoms with Gasteiger partial charge in [0, 0.05) is 17.6 Å². The number of sulfonamides is 1. The zero-order chi connectivity index (χ0) is 15.6. The van der Waals surface area contributed by atoms with Crippen LogP contribution in [0.2, 0.25) is 0 Å². The van der Waals surface area contributed by atoms with Crippen LogP contribution in [0, 0.1) is 12.7 Å². The fourth-order valence-corrected chi connectivity index (χ4v) is 3.54. The van der Waals surface area contributed by atoms with Crippen molar-refractivity contribution in [2.45, 2.75) is 51.6 Å². The lowest BCUT2D eigenvalue weighted by Gasteiger charge is -2.21. The maximum absolute atomic E-state index is 13.9. The summed E-state index contributed by atoms with van der Waals surface area (Å²) < 4.78 is 41.2. The average Bonchev–Trinajstić information content (AvgIpc) is 2.27. The number of hydrogen-bond donors (Lipinski definition) is 2. The largest absolute Gasteiger partial charge is 0.313 e. The van der Waals surface area contributed by atoms with Crippen molar-refractivity contribution in [3.8, 4) is 0 Å². The van der Waals surface area contributed by atoms with E-state index in [1.165, 1.54) is 19.1 Å². The molecule has 0 heterocycles. The van der Waals surface area contributed by atoms with Gasteiger partial charge >= 0.3 is 0 Å². The molecule has 0 radical (unpaired) electrons. The molecule has 0 unspecified atom stereocenters. The van der Waals surface area contributed by atoms with E-state index in [-0.39, 0.29) is 10.5 Å². The third kappa shape index (κ3) is 4.54. The molecule has 1 aromatic rings. The molecule has 0 aliphatic heterocycles. The second-order valence-corrected chi connectivity index (χ2v) is 7.49. The van der Waals surface area contributed by atoms with Crippen molar-refractivity contribution in [3.05, 3.63) is 29.1 Å². The Kier molecular flexibility index (Phi) is 5.29. The van der Waals surface area contributed by atoms with E-state index < -0.39 is 21.4 Å². The molecule has 0 saturated carbocycles. The van der Waals surface area contributed by atoms with Gasteiger partial charge in [-0.15, -0.1) is 0 Å². The highest BCUT2D eigenvalue weighted by Crippen LogP contribution is 2.22. The van der Waals surface area contributed by atoms with Crippen molar-refractivity contribution in [2.24, 2.45) is 0 Å². The summed E-state index contributed by atoms with van der Waals surface area (Å²) in [4.78, 5) is 0.000304. The Morgan fingerprint density at radius 2 is 1.85 bits per heavy atom. The van der Waals surface area contributed by atoms with Crippen molar-refractivity contribution in [1.29, 1.82) is 0 Å². The van der Waals surface area contributed by atoms with Crippen LogP contribution in [0.1, 0.15) is 38.8 Å². The molecule has 0 aliphatic rings. The minimum absolute atomic E-state index is 0.000304. The molecule has 0 aliphatic carbocycles. The van der Waals surface area contributed by atoms with E-state index in [1.807, 2.05) is 6.92 Å². The third-order valence-electron chi connectivity index (χ3n) is 2.67. The average molecular weight is 302 g/mol. The van der Waals surface area contributed by atoms with Crippen LogP contribution in [0.15, 0.2) is 17.0 Å². The summed E-state index contributed by atoms with van der Waals surface area (Å²) in [5.41, 5.74) is 0.144. The van der Waals surface area contributed by atoms with Gasteiger partial charge in [-0.1, -0.05) is 6.92 Å². The molecule has 0 saturated heterocycles. The molecular weight excluding hydrogens is 279 g/mol. The van der Waals surface area contributed by atoms with Crippen LogP contribution in [0.25, 0.3) is 0 Å². The molecule has 0 atom stereocenters. The van der Waals surface area contributed by atoms with E-state index in [1.54, 1.807) is 20.8 Å². The second-order valence-electron chi connectivity index (χ2n) is 5.84. The maximum Gasteiger partial charge on any atom is 0.241 e. The monoisotopic (exact) mass is 302 g/mol. The molecule has 1 aromatic carbocycles. The van der Waals surface area contributed by atoms with Gasteiger partial charge in [-0.05, 0) is 51.9 Å². The fraction of sp³-hybridized carbons (Fsp3) is 0.571. The number of rotatable bonds is 5. The molecule has 6 heteroatoms. The van der Waals surface area contributed by atoms with Crippen molar-refractivity contribution in [1.82, 2.24) is 10.0 Å². The predicted octanol–water partition coefficient (Wildman–Crippen LogP) is 2.32. The van der Waals surface area contributed by atoms with Crippen LogP contribution in [-0.4, -0.2) is 20.5 Å². The minimum atomic E-state index is -3.74. The maximum atomic E-state index is 13.9. The van der Waals surface area contributed by atoms with Gasteiger partial charge in [-0.3, -0.25) is 0 Å². The standard InChI is InChI=1S/C14H23FN2O2S/c1-6-16-9-11-7-12(15)10(2)13(8-11)20(18,19)17-14(3,4)5/h7-8,16-17H,6,9H2,1-5H3. The second kappa shape index (κ2) is 6.20. The van der Waals surface area contributed by atoms with Gasteiger partial charge in [0.2, 0.25) is 10.0 Å². The summed E-state index contributed by atoms with van der Waals surface area (Å²) in [6.07, 6.45) is 0. The van der Waals surface area contributed by atoms with E-state index in [2.05, 4.69) is 10.0 Å². The zero-order valence-corrected chi connectivity index (χ0v) is 13.5. The highest BCUT2D eigenvalue weighted by Gasteiger charge is 2.25. The summed E-state index contributed by atoms with van der Waals surface area (Å²) in [5.74, 6) is -0.505. The van der Waals surface area contributed by atoms with Gasteiger partial charge in [0.1, 0.15) is 5.82 Å². The number of benzene rings is 1. The first-order chi connectivity index (χ1) is 9.07. The molecule has 0 spiro atoms. The lowest BCUT2D eigenvalue weighted by molar-refractivity contribution is 0.490. The topological polar surface area (TPSA) is 58.2 Å². The molecule has 0 fully saturated rings. The minimum Gasteiger partial charge on any atom is -0.313 e. The van der Waals surface area contributed by atoms with Crippen molar-refractivity contribution in [3.63, 3.8) is 0 Å². The third-order valence-corrected chi connectivity index (χ3v) is 4.55. The number of hydrogen-bond acceptors (Lipinski definition) is 3. The summed E-state index contributed by atoms with van der Waals surface area (Å²) in [7, 11) is -3.74. The van der Waals surface area contributed by atoms with Crippen molar-refractivity contribution >= 4 is 10.0 Å². The smallest absolute Gasteiger partial charge is 0.241 e. The van der Waals surface area contributed by atoms with Crippen molar-refractivity contribution in [2.75, 3.05) is 6.54 Å². The normalized spacial score (nSPS) is 12.7. The van der Waals surface area contributed by atoms with Crippen LogP contribution in [0.5, 0.6) is 0 Å². The summed E-state index contributed by atoms with van der Waals surface area (Å²) in [6, 6.07) is 2.89. The molecule has 0 bridgehead atoms. The van der Waals surface area contributed by atoms with Gasteiger partial charge in [-0.2, -0.15) is 0 Å². The van der Waals surface area contributed by atoms with Crippen LogP contribution in [0.4, 0.5) is 4.39 Å². The highest BCUT2D eigenvalue weighted by molar-refractivity contribution is 7.89. The molecule has 1 rings (SSSR count). The fourth-order valence-electron chi connectivity index (χ4n) is 1.82. The zero-order valence-electron chi connectivity index (χ0n) is 12.7. The lowest BCUT2D eigenvalue weighted by Crippen LogP contribution is -2.40. The van der Waals surface area contributed by atoms with Crippen LogP contribution < -0.4 is 10.0 Å². The van der Waals surface area contributed by atoms with Gasteiger partial charge in [-0.25, -0.2) is 17.5 Å². The first-order valence-corrected chi connectivity index (χ1v) is 8.09. The van der Waals surface area contributed by atoms with Gasteiger partial charge in [0.25, 0.3) is 0 Å². The first kappa shape index (κ1) is 17.1. The van der Waals surface area contributed by atoms with Gasteiger partial charge in [0.15, 0.2) is 0 Å². The summed E-state index contributed by atoms with van der Waals surface area (Å²) >= 11 is 0. The lowest BCUT2D eigenvalue weighted by atomic mass is 10.1. The van der Waals surface area contributed by atoms with Gasteiger partial charge in [0.05, 0.1) is 4.90 Å². The van der Waals surface area contributed by atoms with Gasteiger partial charge < -0.3 is 5.32 Å². The Labute approximate surface area is 120 Å².